The van der Waals surface area contributed by atoms with Crippen LogP contribution in [-0.4, -0.2) is 25.5 Å². The van der Waals surface area contributed by atoms with Crippen molar-refractivity contribution in [3.8, 4) is 0 Å². The monoisotopic (exact) mass is 274 g/mol. The van der Waals surface area contributed by atoms with Gasteiger partial charge in [0.15, 0.2) is 0 Å². The van der Waals surface area contributed by atoms with Gasteiger partial charge in [-0.2, -0.15) is 0 Å². The highest BCUT2D eigenvalue weighted by Crippen LogP contribution is 2.33. The first-order valence-electron chi connectivity index (χ1n) is 7.84. The molecule has 1 aromatic rings. The fraction of sp³-hybridized carbons (Fsp3) is 0.588. The van der Waals surface area contributed by atoms with Gasteiger partial charge in [-0.25, -0.2) is 0 Å². The largest absolute Gasteiger partial charge is 0.355 e. The lowest BCUT2D eigenvalue weighted by Crippen LogP contribution is -2.50. The summed E-state index contributed by atoms with van der Waals surface area (Å²) in [6.07, 6.45) is 5.21. The highest BCUT2D eigenvalue weighted by molar-refractivity contribution is 5.88. The third-order valence-corrected chi connectivity index (χ3v) is 4.28. The van der Waals surface area contributed by atoms with Crippen molar-refractivity contribution in [3.63, 3.8) is 0 Å². The van der Waals surface area contributed by atoms with Crippen molar-refractivity contribution in [2.24, 2.45) is 0 Å². The molecule has 0 unspecified atom stereocenters. The van der Waals surface area contributed by atoms with Crippen LogP contribution in [0.3, 0.4) is 0 Å². The minimum absolute atomic E-state index is 0.210. The van der Waals surface area contributed by atoms with Crippen molar-refractivity contribution in [1.29, 1.82) is 0 Å². The van der Waals surface area contributed by atoms with E-state index in [0.29, 0.717) is 0 Å². The summed E-state index contributed by atoms with van der Waals surface area (Å²) in [5.41, 5.74) is 0.827. The van der Waals surface area contributed by atoms with E-state index in [4.69, 9.17) is 0 Å². The number of carbonyl (C=O) groups is 1. The molecular weight excluding hydrogens is 248 g/mol. The van der Waals surface area contributed by atoms with Gasteiger partial charge in [0.25, 0.3) is 0 Å². The average Bonchev–Trinajstić information content (AvgIpc) is 2.53. The van der Waals surface area contributed by atoms with Crippen LogP contribution < -0.4 is 10.6 Å². The van der Waals surface area contributed by atoms with E-state index in [-0.39, 0.29) is 11.3 Å². The van der Waals surface area contributed by atoms with Crippen LogP contribution in [0.15, 0.2) is 30.3 Å². The first-order chi connectivity index (χ1) is 9.79. The first kappa shape index (κ1) is 15.0. The van der Waals surface area contributed by atoms with E-state index in [2.05, 4.69) is 29.7 Å². The van der Waals surface area contributed by atoms with Gasteiger partial charge in [0, 0.05) is 6.54 Å². The maximum Gasteiger partial charge on any atom is 0.230 e. The number of piperidine rings is 1. The molecule has 2 rings (SSSR count). The zero-order valence-corrected chi connectivity index (χ0v) is 12.5. The molecule has 0 atom stereocenters. The number of nitrogens with one attached hydrogen (secondary N) is 2. The number of amides is 1. The fourth-order valence-corrected chi connectivity index (χ4v) is 3.00. The third-order valence-electron chi connectivity index (χ3n) is 4.28. The Morgan fingerprint density at radius 1 is 1.20 bits per heavy atom. The van der Waals surface area contributed by atoms with Crippen LogP contribution in [0.2, 0.25) is 0 Å². The topological polar surface area (TPSA) is 41.1 Å². The molecule has 0 radical (unpaired) electrons. The van der Waals surface area contributed by atoms with Crippen LogP contribution in [0.25, 0.3) is 0 Å². The maximum absolute atomic E-state index is 12.7. The van der Waals surface area contributed by atoms with E-state index >= 15 is 0 Å². The van der Waals surface area contributed by atoms with E-state index in [9.17, 15) is 4.79 Å². The number of unbranched alkanes of at least 4 members (excludes halogenated alkanes) is 2. The molecular formula is C17H26N2O. The van der Waals surface area contributed by atoms with Crippen LogP contribution in [-0.2, 0) is 10.2 Å². The molecule has 1 saturated heterocycles. The summed E-state index contributed by atoms with van der Waals surface area (Å²) in [5.74, 6) is 0.210. The van der Waals surface area contributed by atoms with E-state index in [0.717, 1.165) is 44.5 Å². The standard InChI is InChI=1S/C17H26N2O/c1-2-3-7-12-19-16(20)17(10-13-18-14-11-17)15-8-5-4-6-9-15/h4-6,8-9,18H,2-3,7,10-14H2,1H3,(H,19,20). The average molecular weight is 274 g/mol. The summed E-state index contributed by atoms with van der Waals surface area (Å²) in [6, 6.07) is 10.3. The molecule has 1 amide bonds. The quantitative estimate of drug-likeness (QED) is 0.783. The zero-order chi connectivity index (χ0) is 14.3. The molecule has 3 nitrogen and oxygen atoms in total. The molecule has 0 aromatic heterocycles. The Morgan fingerprint density at radius 2 is 1.90 bits per heavy atom. The van der Waals surface area contributed by atoms with Gasteiger partial charge in [-0.05, 0) is 37.9 Å². The number of benzene rings is 1. The van der Waals surface area contributed by atoms with Gasteiger partial charge in [-0.1, -0.05) is 50.1 Å². The summed E-state index contributed by atoms with van der Waals surface area (Å²) in [4.78, 5) is 12.7. The van der Waals surface area contributed by atoms with Crippen LogP contribution in [0.1, 0.15) is 44.6 Å². The second-order valence-corrected chi connectivity index (χ2v) is 5.66. The highest BCUT2D eigenvalue weighted by atomic mass is 16.2. The molecule has 1 aliphatic rings. The Kier molecular flexibility index (Phi) is 5.60. The number of hydrogen-bond donors (Lipinski definition) is 2. The summed E-state index contributed by atoms with van der Waals surface area (Å²) in [7, 11) is 0. The predicted molar refractivity (Wildman–Crippen MR) is 82.8 cm³/mol. The molecule has 2 N–H and O–H groups in total. The molecule has 110 valence electrons. The molecule has 3 heteroatoms. The van der Waals surface area contributed by atoms with Crippen LogP contribution in [0, 0.1) is 0 Å². The molecule has 0 bridgehead atoms. The minimum Gasteiger partial charge on any atom is -0.355 e. The predicted octanol–water partition coefficient (Wildman–Crippen LogP) is 2.61. The second-order valence-electron chi connectivity index (χ2n) is 5.66. The number of rotatable bonds is 6. The molecule has 0 spiro atoms. The van der Waals surface area contributed by atoms with Crippen LogP contribution in [0.5, 0.6) is 0 Å². The maximum atomic E-state index is 12.7. The second kappa shape index (κ2) is 7.44. The number of carbonyl (C=O) groups excluding carboxylic acids is 1. The van der Waals surface area contributed by atoms with Crippen molar-refractivity contribution in [2.45, 2.75) is 44.4 Å². The Morgan fingerprint density at radius 3 is 2.55 bits per heavy atom. The third kappa shape index (κ3) is 3.40. The smallest absolute Gasteiger partial charge is 0.230 e. The van der Waals surface area contributed by atoms with Crippen LogP contribution >= 0.6 is 0 Å². The van der Waals surface area contributed by atoms with Gasteiger partial charge in [0.2, 0.25) is 5.91 Å². The Bertz CT molecular complexity index is 410. The summed E-state index contributed by atoms with van der Waals surface area (Å²) < 4.78 is 0. The van der Waals surface area contributed by atoms with Gasteiger partial charge in [0.05, 0.1) is 5.41 Å². The van der Waals surface area contributed by atoms with Gasteiger partial charge in [-0.15, -0.1) is 0 Å². The SMILES string of the molecule is CCCCCNC(=O)C1(c2ccccc2)CCNCC1. The summed E-state index contributed by atoms with van der Waals surface area (Å²) >= 11 is 0. The molecule has 1 fully saturated rings. The van der Waals surface area contributed by atoms with Crippen molar-refractivity contribution in [3.05, 3.63) is 35.9 Å². The molecule has 1 aromatic carbocycles. The normalized spacial score (nSPS) is 17.6. The Balaban J connectivity index is 2.09. The number of hydrogen-bond acceptors (Lipinski definition) is 2. The molecule has 0 saturated carbocycles. The Hall–Kier alpha value is -1.35. The molecule has 1 aliphatic heterocycles. The summed E-state index contributed by atoms with van der Waals surface area (Å²) in [5, 5.41) is 6.52. The minimum atomic E-state index is -0.335. The van der Waals surface area contributed by atoms with Crippen LogP contribution in [0.4, 0.5) is 0 Å². The van der Waals surface area contributed by atoms with Gasteiger partial charge >= 0.3 is 0 Å². The van der Waals surface area contributed by atoms with Crippen molar-refractivity contribution in [1.82, 2.24) is 10.6 Å². The van der Waals surface area contributed by atoms with E-state index in [1.165, 1.54) is 12.8 Å². The van der Waals surface area contributed by atoms with Crippen molar-refractivity contribution in [2.75, 3.05) is 19.6 Å². The molecule has 1 heterocycles. The lowest BCUT2D eigenvalue weighted by molar-refractivity contribution is -0.127. The molecule has 20 heavy (non-hydrogen) atoms. The van der Waals surface area contributed by atoms with Gasteiger partial charge < -0.3 is 10.6 Å². The lowest BCUT2D eigenvalue weighted by atomic mass is 9.72. The zero-order valence-electron chi connectivity index (χ0n) is 12.5. The van der Waals surface area contributed by atoms with E-state index in [1.54, 1.807) is 0 Å². The lowest BCUT2D eigenvalue weighted by Gasteiger charge is -2.36. The van der Waals surface area contributed by atoms with Gasteiger partial charge in [0.1, 0.15) is 0 Å². The molecule has 0 aliphatic carbocycles. The van der Waals surface area contributed by atoms with Crippen molar-refractivity contribution < 1.29 is 4.79 Å². The van der Waals surface area contributed by atoms with E-state index in [1.807, 2.05) is 18.2 Å². The Labute approximate surface area is 122 Å². The fourth-order valence-electron chi connectivity index (χ4n) is 3.00. The van der Waals surface area contributed by atoms with Gasteiger partial charge in [-0.3, -0.25) is 4.79 Å². The van der Waals surface area contributed by atoms with Crippen molar-refractivity contribution >= 4 is 5.91 Å². The first-order valence-corrected chi connectivity index (χ1v) is 7.84. The summed E-state index contributed by atoms with van der Waals surface area (Å²) in [6.45, 7) is 4.81. The van der Waals surface area contributed by atoms with E-state index < -0.39 is 0 Å². The highest BCUT2D eigenvalue weighted by Gasteiger charge is 2.40.